The molecule has 0 radical (unpaired) electrons. The molecule has 31 heavy (non-hydrogen) atoms. The van der Waals surface area contributed by atoms with Crippen molar-refractivity contribution in [1.82, 2.24) is 10.6 Å². The Morgan fingerprint density at radius 3 is 2.39 bits per heavy atom. The first-order chi connectivity index (χ1) is 14.7. The first-order valence-corrected chi connectivity index (χ1v) is 8.79. The Labute approximate surface area is 175 Å². The molecule has 0 saturated heterocycles. The third kappa shape index (κ3) is 7.84. The lowest BCUT2D eigenvalue weighted by molar-refractivity contribution is -0.153. The number of benzene rings is 2. The van der Waals surface area contributed by atoms with E-state index in [4.69, 9.17) is 4.74 Å². The standard InChI is InChI=1S/C21H18F4N2O4/c1-26-10-8-15(9-11-28)27-20(29)18-12-14(22)2-7-19(18)31-17-5-3-16(4-6-17)30-13-21(23,24)25/h2-12,26H,13H2,1H3,(H,27,29)/b10-8-,15-9+. The molecule has 164 valence electrons. The predicted molar refractivity (Wildman–Crippen MR) is 104 cm³/mol. The topological polar surface area (TPSA) is 76.7 Å². The van der Waals surface area contributed by atoms with Gasteiger partial charge in [0, 0.05) is 18.8 Å². The van der Waals surface area contributed by atoms with Gasteiger partial charge in [0.1, 0.15) is 29.4 Å². The maximum atomic E-state index is 13.7. The summed E-state index contributed by atoms with van der Waals surface area (Å²) in [6.07, 6.45) is 0.00411. The molecule has 0 heterocycles. The van der Waals surface area contributed by atoms with Crippen LogP contribution < -0.4 is 20.1 Å². The van der Waals surface area contributed by atoms with Gasteiger partial charge in [-0.15, -0.1) is 0 Å². The number of carbonyl (C=O) groups excluding carboxylic acids is 2. The molecule has 0 aliphatic carbocycles. The molecule has 10 heteroatoms. The summed E-state index contributed by atoms with van der Waals surface area (Å²) in [7, 11) is 1.62. The van der Waals surface area contributed by atoms with E-state index in [1.54, 1.807) is 7.05 Å². The van der Waals surface area contributed by atoms with E-state index in [2.05, 4.69) is 15.4 Å². The van der Waals surface area contributed by atoms with Gasteiger partial charge in [0.15, 0.2) is 6.61 Å². The normalized spacial score (nSPS) is 11.8. The lowest BCUT2D eigenvalue weighted by Gasteiger charge is -2.13. The summed E-state index contributed by atoms with van der Waals surface area (Å²) < 4.78 is 60.6. The first kappa shape index (κ1) is 23.5. The van der Waals surface area contributed by atoms with E-state index in [9.17, 15) is 27.2 Å². The summed E-state index contributed by atoms with van der Waals surface area (Å²) in [5, 5.41) is 5.15. The Hall–Kier alpha value is -3.82. The van der Waals surface area contributed by atoms with Crippen LogP contribution in [0.4, 0.5) is 17.6 Å². The molecule has 0 aliphatic heterocycles. The van der Waals surface area contributed by atoms with Gasteiger partial charge in [-0.3, -0.25) is 9.59 Å². The molecule has 0 aliphatic rings. The van der Waals surface area contributed by atoms with E-state index < -0.39 is 24.5 Å². The van der Waals surface area contributed by atoms with Crippen LogP contribution >= 0.6 is 0 Å². The van der Waals surface area contributed by atoms with Crippen molar-refractivity contribution in [2.24, 2.45) is 0 Å². The molecule has 0 fully saturated rings. The van der Waals surface area contributed by atoms with Crippen LogP contribution in [0, 0.1) is 5.82 Å². The van der Waals surface area contributed by atoms with Gasteiger partial charge in [0.05, 0.1) is 5.56 Å². The number of nitrogens with one attached hydrogen (secondary N) is 2. The predicted octanol–water partition coefficient (Wildman–Crippen LogP) is 4.10. The number of hydrogen-bond donors (Lipinski definition) is 2. The Bertz CT molecular complexity index is 970. The number of alkyl halides is 3. The second kappa shape index (κ2) is 10.8. The SMILES string of the molecule is CN/C=C\C(=C/C=O)NC(=O)c1cc(F)ccc1Oc1ccc(OCC(F)(F)F)cc1. The highest BCUT2D eigenvalue weighted by Crippen LogP contribution is 2.28. The Kier molecular flexibility index (Phi) is 8.18. The van der Waals surface area contributed by atoms with Gasteiger partial charge in [-0.2, -0.15) is 13.2 Å². The van der Waals surface area contributed by atoms with Crippen molar-refractivity contribution in [2.45, 2.75) is 6.18 Å². The van der Waals surface area contributed by atoms with Gasteiger partial charge < -0.3 is 20.1 Å². The molecule has 0 spiro atoms. The van der Waals surface area contributed by atoms with Gasteiger partial charge in [-0.25, -0.2) is 4.39 Å². The maximum Gasteiger partial charge on any atom is 0.422 e. The second-order valence-electron chi connectivity index (χ2n) is 5.95. The monoisotopic (exact) mass is 438 g/mol. The Morgan fingerprint density at radius 2 is 1.77 bits per heavy atom. The quantitative estimate of drug-likeness (QED) is 0.267. The maximum absolute atomic E-state index is 13.7. The molecule has 2 rings (SSSR count). The number of hydrogen-bond acceptors (Lipinski definition) is 5. The zero-order chi connectivity index (χ0) is 22.9. The van der Waals surface area contributed by atoms with E-state index in [0.29, 0.717) is 6.29 Å². The van der Waals surface area contributed by atoms with Crippen LogP contribution in [0.5, 0.6) is 17.2 Å². The number of halogens is 4. The zero-order valence-electron chi connectivity index (χ0n) is 16.2. The van der Waals surface area contributed by atoms with Crippen molar-refractivity contribution in [2.75, 3.05) is 13.7 Å². The fourth-order valence-electron chi connectivity index (χ4n) is 2.25. The van der Waals surface area contributed by atoms with E-state index >= 15 is 0 Å². The van der Waals surface area contributed by atoms with E-state index in [0.717, 1.165) is 18.2 Å². The Morgan fingerprint density at radius 1 is 1.10 bits per heavy atom. The molecule has 0 bridgehead atoms. The minimum Gasteiger partial charge on any atom is -0.484 e. The highest BCUT2D eigenvalue weighted by molar-refractivity contribution is 5.98. The summed E-state index contributed by atoms with van der Waals surface area (Å²) in [4.78, 5) is 23.3. The molecule has 0 unspecified atom stereocenters. The molecule has 2 aromatic carbocycles. The number of amides is 1. The third-order valence-electron chi connectivity index (χ3n) is 3.58. The van der Waals surface area contributed by atoms with Gasteiger partial charge in [-0.05, 0) is 54.7 Å². The van der Waals surface area contributed by atoms with Gasteiger partial charge in [-0.1, -0.05) is 0 Å². The van der Waals surface area contributed by atoms with Crippen molar-refractivity contribution >= 4 is 12.2 Å². The first-order valence-electron chi connectivity index (χ1n) is 8.79. The minimum absolute atomic E-state index is 0.00842. The average molecular weight is 438 g/mol. The fraction of sp³-hybridized carbons (Fsp3) is 0.143. The number of ether oxygens (including phenoxy) is 2. The molecule has 1 amide bonds. The van der Waals surface area contributed by atoms with Crippen molar-refractivity contribution in [3.63, 3.8) is 0 Å². The number of allylic oxidation sites excluding steroid dienone is 2. The summed E-state index contributed by atoms with van der Waals surface area (Å²) in [6, 6.07) is 8.45. The summed E-state index contributed by atoms with van der Waals surface area (Å²) >= 11 is 0. The third-order valence-corrected chi connectivity index (χ3v) is 3.58. The lowest BCUT2D eigenvalue weighted by atomic mass is 10.1. The molecule has 0 atom stereocenters. The highest BCUT2D eigenvalue weighted by Gasteiger charge is 2.28. The summed E-state index contributed by atoms with van der Waals surface area (Å²) in [5.74, 6) is -1.29. The summed E-state index contributed by atoms with van der Waals surface area (Å²) in [6.45, 7) is -1.44. The smallest absolute Gasteiger partial charge is 0.422 e. The number of carbonyl (C=O) groups is 2. The zero-order valence-corrected chi connectivity index (χ0v) is 16.2. The van der Waals surface area contributed by atoms with Gasteiger partial charge in [0.2, 0.25) is 0 Å². The van der Waals surface area contributed by atoms with Crippen LogP contribution in [0.25, 0.3) is 0 Å². The van der Waals surface area contributed by atoms with Crippen LogP contribution in [0.1, 0.15) is 10.4 Å². The van der Waals surface area contributed by atoms with Crippen molar-refractivity contribution in [3.05, 3.63) is 77.9 Å². The van der Waals surface area contributed by atoms with Crippen molar-refractivity contribution in [3.8, 4) is 17.2 Å². The van der Waals surface area contributed by atoms with Gasteiger partial charge in [0.25, 0.3) is 5.91 Å². The van der Waals surface area contributed by atoms with Crippen LogP contribution in [-0.4, -0.2) is 32.0 Å². The van der Waals surface area contributed by atoms with Crippen LogP contribution in [0.15, 0.2) is 66.5 Å². The molecule has 6 nitrogen and oxygen atoms in total. The average Bonchev–Trinajstić information content (AvgIpc) is 2.72. The fourth-order valence-corrected chi connectivity index (χ4v) is 2.25. The van der Waals surface area contributed by atoms with E-state index in [1.165, 1.54) is 42.6 Å². The van der Waals surface area contributed by atoms with Gasteiger partial charge >= 0.3 is 6.18 Å². The van der Waals surface area contributed by atoms with E-state index in [-0.39, 0.29) is 28.5 Å². The molecule has 2 aromatic rings. The molecular formula is C21H18F4N2O4. The van der Waals surface area contributed by atoms with Crippen LogP contribution in [0.3, 0.4) is 0 Å². The molecule has 0 saturated carbocycles. The van der Waals surface area contributed by atoms with Crippen LogP contribution in [-0.2, 0) is 4.79 Å². The Balaban J connectivity index is 2.19. The van der Waals surface area contributed by atoms with E-state index in [1.807, 2.05) is 0 Å². The van der Waals surface area contributed by atoms with Crippen molar-refractivity contribution < 1.29 is 36.6 Å². The second-order valence-corrected chi connectivity index (χ2v) is 5.95. The largest absolute Gasteiger partial charge is 0.484 e. The molecule has 2 N–H and O–H groups in total. The molecular weight excluding hydrogens is 420 g/mol. The summed E-state index contributed by atoms with van der Waals surface area (Å²) in [5.41, 5.74) is -0.0113. The lowest BCUT2D eigenvalue weighted by Crippen LogP contribution is -2.23. The van der Waals surface area contributed by atoms with Crippen molar-refractivity contribution in [1.29, 1.82) is 0 Å². The van der Waals surface area contributed by atoms with Crippen LogP contribution in [0.2, 0.25) is 0 Å². The number of rotatable bonds is 9. The molecule has 0 aromatic heterocycles. The highest BCUT2D eigenvalue weighted by atomic mass is 19.4. The minimum atomic E-state index is -4.47. The number of aldehydes is 1.